The molecule has 0 spiro atoms. The molecule has 6 heteroatoms. The predicted molar refractivity (Wildman–Crippen MR) is 84.3 cm³/mol. The number of rotatable bonds is 3. The van der Waals surface area contributed by atoms with E-state index >= 15 is 0 Å². The van der Waals surface area contributed by atoms with E-state index in [1.807, 2.05) is 23.1 Å². The van der Waals surface area contributed by atoms with Crippen molar-refractivity contribution in [3.05, 3.63) is 42.2 Å². The highest BCUT2D eigenvalue weighted by Gasteiger charge is 2.24. The highest BCUT2D eigenvalue weighted by atomic mass is 16.5. The van der Waals surface area contributed by atoms with Gasteiger partial charge >= 0.3 is 0 Å². The van der Waals surface area contributed by atoms with E-state index in [2.05, 4.69) is 16.1 Å². The van der Waals surface area contributed by atoms with Crippen molar-refractivity contribution in [1.29, 1.82) is 0 Å². The molecule has 1 amide bonds. The maximum Gasteiger partial charge on any atom is 0.272 e. The molecule has 0 aliphatic carbocycles. The third-order valence-electron chi connectivity index (χ3n) is 4.03. The van der Waals surface area contributed by atoms with Crippen LogP contribution in [0.1, 0.15) is 10.5 Å². The van der Waals surface area contributed by atoms with E-state index in [0.29, 0.717) is 18.8 Å². The van der Waals surface area contributed by atoms with Crippen molar-refractivity contribution in [2.75, 3.05) is 38.2 Å². The summed E-state index contributed by atoms with van der Waals surface area (Å²) in [6.45, 7) is 3.05. The molecule has 1 aromatic heterocycles. The van der Waals surface area contributed by atoms with Gasteiger partial charge in [-0.2, -0.15) is 5.10 Å². The summed E-state index contributed by atoms with van der Waals surface area (Å²) in [4.78, 5) is 16.6. The number of hydrogen-bond acceptors (Lipinski definition) is 4. The van der Waals surface area contributed by atoms with Crippen molar-refractivity contribution in [3.63, 3.8) is 0 Å². The number of amides is 1. The zero-order valence-electron chi connectivity index (χ0n) is 12.9. The number of aryl methyl sites for hydroxylation is 1. The maximum absolute atomic E-state index is 12.5. The summed E-state index contributed by atoms with van der Waals surface area (Å²) in [5.74, 6) is 0.899. The number of aromatic nitrogens is 2. The molecule has 1 fully saturated rings. The van der Waals surface area contributed by atoms with E-state index in [9.17, 15) is 4.79 Å². The molecule has 0 N–H and O–H groups in total. The Morgan fingerprint density at radius 3 is 2.59 bits per heavy atom. The average Bonchev–Trinajstić information content (AvgIpc) is 3.00. The monoisotopic (exact) mass is 300 g/mol. The van der Waals surface area contributed by atoms with E-state index in [-0.39, 0.29) is 5.91 Å². The van der Waals surface area contributed by atoms with Crippen LogP contribution in [0, 0.1) is 0 Å². The summed E-state index contributed by atoms with van der Waals surface area (Å²) in [5, 5.41) is 4.06. The quantitative estimate of drug-likeness (QED) is 0.859. The number of hydrogen-bond donors (Lipinski definition) is 0. The maximum atomic E-state index is 12.5. The minimum absolute atomic E-state index is 0.0466. The molecule has 1 aliphatic heterocycles. The molecule has 116 valence electrons. The number of carbonyl (C=O) groups excluding carboxylic acids is 1. The van der Waals surface area contributed by atoms with Crippen molar-refractivity contribution in [1.82, 2.24) is 14.7 Å². The number of methoxy groups -OCH3 is 1. The Labute approximate surface area is 129 Å². The molecule has 1 saturated heterocycles. The fourth-order valence-corrected chi connectivity index (χ4v) is 2.72. The molecule has 0 unspecified atom stereocenters. The van der Waals surface area contributed by atoms with Gasteiger partial charge in [0.05, 0.1) is 7.11 Å². The topological polar surface area (TPSA) is 50.6 Å². The van der Waals surface area contributed by atoms with Gasteiger partial charge in [0.25, 0.3) is 5.91 Å². The number of ether oxygens (including phenoxy) is 1. The van der Waals surface area contributed by atoms with Crippen LogP contribution in [0.3, 0.4) is 0 Å². The summed E-state index contributed by atoms with van der Waals surface area (Å²) in [5.41, 5.74) is 1.77. The number of anilines is 1. The lowest BCUT2D eigenvalue weighted by atomic mass is 10.2. The van der Waals surface area contributed by atoms with Gasteiger partial charge in [-0.25, -0.2) is 0 Å². The largest absolute Gasteiger partial charge is 0.497 e. The zero-order valence-corrected chi connectivity index (χ0v) is 12.9. The minimum atomic E-state index is 0.0466. The standard InChI is InChI=1S/C16H20N4O2/c1-18-15(6-7-17-18)16(21)20-10-8-19(9-11-20)13-4-3-5-14(12-13)22-2/h3-7,12H,8-11H2,1-2H3. The number of piperazine rings is 1. The SMILES string of the molecule is COc1cccc(N2CCN(C(=O)c3ccnn3C)CC2)c1. The van der Waals surface area contributed by atoms with Gasteiger partial charge in [0.15, 0.2) is 0 Å². The van der Waals surface area contributed by atoms with Gasteiger partial charge in [-0.3, -0.25) is 9.48 Å². The van der Waals surface area contributed by atoms with Crippen LogP contribution in [0.15, 0.2) is 36.5 Å². The molecule has 2 aromatic rings. The van der Waals surface area contributed by atoms with Crippen LogP contribution in [0.25, 0.3) is 0 Å². The molecule has 6 nitrogen and oxygen atoms in total. The Hall–Kier alpha value is -2.50. The van der Waals surface area contributed by atoms with Crippen LogP contribution in [0.2, 0.25) is 0 Å². The van der Waals surface area contributed by atoms with Crippen LogP contribution in [-0.4, -0.2) is 53.9 Å². The molecule has 22 heavy (non-hydrogen) atoms. The fourth-order valence-electron chi connectivity index (χ4n) is 2.72. The van der Waals surface area contributed by atoms with Crippen molar-refractivity contribution in [2.45, 2.75) is 0 Å². The summed E-state index contributed by atoms with van der Waals surface area (Å²) in [6, 6.07) is 9.78. The van der Waals surface area contributed by atoms with Gasteiger partial charge < -0.3 is 14.5 Å². The van der Waals surface area contributed by atoms with Crippen molar-refractivity contribution >= 4 is 11.6 Å². The average molecular weight is 300 g/mol. The van der Waals surface area contributed by atoms with Crippen molar-refractivity contribution in [2.24, 2.45) is 7.05 Å². The summed E-state index contributed by atoms with van der Waals surface area (Å²) in [6.07, 6.45) is 1.65. The number of carbonyl (C=O) groups is 1. The van der Waals surface area contributed by atoms with E-state index in [1.54, 1.807) is 31.1 Å². The van der Waals surface area contributed by atoms with Crippen LogP contribution >= 0.6 is 0 Å². The van der Waals surface area contributed by atoms with Gasteiger partial charge in [0.1, 0.15) is 11.4 Å². The summed E-state index contributed by atoms with van der Waals surface area (Å²) < 4.78 is 6.89. The molecule has 1 aliphatic rings. The van der Waals surface area contributed by atoms with Gasteiger partial charge in [0.2, 0.25) is 0 Å². The second kappa shape index (κ2) is 6.09. The molecule has 1 aromatic carbocycles. The van der Waals surface area contributed by atoms with Crippen molar-refractivity contribution in [3.8, 4) is 5.75 Å². The second-order valence-corrected chi connectivity index (χ2v) is 5.32. The lowest BCUT2D eigenvalue weighted by Crippen LogP contribution is -2.49. The van der Waals surface area contributed by atoms with E-state index < -0.39 is 0 Å². The van der Waals surface area contributed by atoms with Gasteiger partial charge in [0, 0.05) is 51.2 Å². The molecule has 0 saturated carbocycles. The van der Waals surface area contributed by atoms with Gasteiger partial charge in [-0.15, -0.1) is 0 Å². The fraction of sp³-hybridized carbons (Fsp3) is 0.375. The van der Waals surface area contributed by atoms with E-state index in [1.165, 1.54) is 0 Å². The first-order valence-electron chi connectivity index (χ1n) is 7.35. The third-order valence-corrected chi connectivity index (χ3v) is 4.03. The molecule has 3 rings (SSSR count). The minimum Gasteiger partial charge on any atom is -0.497 e. The Balaban J connectivity index is 1.65. The third kappa shape index (κ3) is 2.77. The zero-order chi connectivity index (χ0) is 15.5. The Morgan fingerprint density at radius 1 is 1.18 bits per heavy atom. The summed E-state index contributed by atoms with van der Waals surface area (Å²) >= 11 is 0. The van der Waals surface area contributed by atoms with Crippen LogP contribution in [-0.2, 0) is 7.05 Å². The normalized spacial score (nSPS) is 15.0. The van der Waals surface area contributed by atoms with Crippen LogP contribution in [0.4, 0.5) is 5.69 Å². The van der Waals surface area contributed by atoms with E-state index in [0.717, 1.165) is 24.5 Å². The predicted octanol–water partition coefficient (Wildman–Crippen LogP) is 1.39. The van der Waals surface area contributed by atoms with Gasteiger partial charge in [-0.1, -0.05) is 6.07 Å². The Kier molecular flexibility index (Phi) is 4.00. The molecule has 0 bridgehead atoms. The molecule has 2 heterocycles. The van der Waals surface area contributed by atoms with E-state index in [4.69, 9.17) is 4.74 Å². The number of benzene rings is 1. The highest BCUT2D eigenvalue weighted by molar-refractivity contribution is 5.92. The lowest BCUT2D eigenvalue weighted by Gasteiger charge is -2.36. The Bertz CT molecular complexity index is 660. The lowest BCUT2D eigenvalue weighted by molar-refractivity contribution is 0.0735. The first-order chi connectivity index (χ1) is 10.7. The van der Waals surface area contributed by atoms with Crippen LogP contribution in [0.5, 0.6) is 5.75 Å². The molecular formula is C16H20N4O2. The first kappa shape index (κ1) is 14.4. The smallest absolute Gasteiger partial charge is 0.272 e. The van der Waals surface area contributed by atoms with Crippen molar-refractivity contribution < 1.29 is 9.53 Å². The second-order valence-electron chi connectivity index (χ2n) is 5.32. The summed E-state index contributed by atoms with van der Waals surface area (Å²) in [7, 11) is 3.46. The highest BCUT2D eigenvalue weighted by Crippen LogP contribution is 2.22. The molecule has 0 atom stereocenters. The van der Waals surface area contributed by atoms with Crippen LogP contribution < -0.4 is 9.64 Å². The molecular weight excluding hydrogens is 280 g/mol. The first-order valence-corrected chi connectivity index (χ1v) is 7.35. The number of nitrogens with zero attached hydrogens (tertiary/aromatic N) is 4. The van der Waals surface area contributed by atoms with Gasteiger partial charge in [-0.05, 0) is 18.2 Å². The molecule has 0 radical (unpaired) electrons. The Morgan fingerprint density at radius 2 is 1.95 bits per heavy atom.